The highest BCUT2D eigenvalue weighted by molar-refractivity contribution is 6.06. The molecule has 1 aromatic carbocycles. The first kappa shape index (κ1) is 24.9. The fourth-order valence-electron chi connectivity index (χ4n) is 5.49. The van der Waals surface area contributed by atoms with Crippen LogP contribution in [0.2, 0.25) is 0 Å². The van der Waals surface area contributed by atoms with Crippen molar-refractivity contribution >= 4 is 22.5 Å². The number of ether oxygens (including phenoxy) is 1. The van der Waals surface area contributed by atoms with Crippen molar-refractivity contribution in [1.29, 1.82) is 0 Å². The molecule has 0 unspecified atom stereocenters. The number of H-pyrrole nitrogens is 1. The molecule has 2 N–H and O–H groups in total. The summed E-state index contributed by atoms with van der Waals surface area (Å²) < 4.78 is 5.43. The van der Waals surface area contributed by atoms with E-state index in [0.717, 1.165) is 98.8 Å². The van der Waals surface area contributed by atoms with Crippen LogP contribution in [-0.2, 0) is 11.3 Å². The molecule has 0 saturated carbocycles. The van der Waals surface area contributed by atoms with Crippen molar-refractivity contribution in [3.63, 3.8) is 0 Å². The number of nitrogens with zero attached hydrogens (tertiary/aromatic N) is 5. The van der Waals surface area contributed by atoms with Gasteiger partial charge in [0.2, 0.25) is 0 Å². The van der Waals surface area contributed by atoms with E-state index in [0.29, 0.717) is 5.69 Å². The number of aliphatic imine (C=N–C) groups is 1. The topological polar surface area (TPSA) is 98.7 Å². The van der Waals surface area contributed by atoms with E-state index >= 15 is 0 Å². The lowest BCUT2D eigenvalue weighted by Gasteiger charge is -2.27. The van der Waals surface area contributed by atoms with Crippen LogP contribution in [0.25, 0.3) is 22.0 Å². The molecule has 1 amide bonds. The van der Waals surface area contributed by atoms with Crippen LogP contribution in [0.4, 0.5) is 0 Å². The lowest BCUT2D eigenvalue weighted by Crippen LogP contribution is -2.40. The second-order valence-corrected chi connectivity index (χ2v) is 10.4. The van der Waals surface area contributed by atoms with Gasteiger partial charge in [-0.3, -0.25) is 29.7 Å². The molecule has 3 aliphatic heterocycles. The van der Waals surface area contributed by atoms with Crippen LogP contribution >= 0.6 is 0 Å². The van der Waals surface area contributed by atoms with Crippen molar-refractivity contribution in [3.05, 3.63) is 59.8 Å². The second-order valence-electron chi connectivity index (χ2n) is 10.4. The monoisotopic (exact) mass is 513 g/mol. The fourth-order valence-corrected chi connectivity index (χ4v) is 5.49. The Bertz CT molecular complexity index is 1350. The Morgan fingerprint density at radius 2 is 1.79 bits per heavy atom. The molecule has 2 fully saturated rings. The normalized spacial score (nSPS) is 19.3. The van der Waals surface area contributed by atoms with Crippen molar-refractivity contribution in [3.8, 4) is 11.1 Å². The second kappa shape index (κ2) is 11.6. The minimum atomic E-state index is -0.219. The highest BCUT2D eigenvalue weighted by atomic mass is 16.5. The van der Waals surface area contributed by atoms with Crippen LogP contribution in [0.5, 0.6) is 0 Å². The lowest BCUT2D eigenvalue weighted by molar-refractivity contribution is 0.0451. The number of hydrogen-bond donors (Lipinski definition) is 2. The number of pyridine rings is 1. The van der Waals surface area contributed by atoms with Crippen LogP contribution in [0, 0.1) is 0 Å². The quantitative estimate of drug-likeness (QED) is 0.499. The van der Waals surface area contributed by atoms with Gasteiger partial charge in [-0.05, 0) is 68.1 Å². The van der Waals surface area contributed by atoms with E-state index < -0.39 is 0 Å². The SMILES string of the molecule is O=C(NC1=CN=C(CN2CCOCC2)CC1)c1n[nH]c2ccc(-c3cncc(CN4CCCCC4)c3)cc12. The van der Waals surface area contributed by atoms with Gasteiger partial charge in [0.15, 0.2) is 5.69 Å². The molecule has 0 atom stereocenters. The van der Waals surface area contributed by atoms with Crippen molar-refractivity contribution < 1.29 is 9.53 Å². The van der Waals surface area contributed by atoms with E-state index in [-0.39, 0.29) is 5.91 Å². The number of amides is 1. The number of hydrogen-bond acceptors (Lipinski definition) is 7. The first-order valence-electron chi connectivity index (χ1n) is 13.7. The lowest BCUT2D eigenvalue weighted by atomic mass is 10.0. The van der Waals surface area contributed by atoms with Crippen LogP contribution in [0.15, 0.2) is 53.5 Å². The maximum atomic E-state index is 13.2. The Balaban J connectivity index is 1.15. The average molecular weight is 514 g/mol. The predicted molar refractivity (Wildman–Crippen MR) is 148 cm³/mol. The van der Waals surface area contributed by atoms with Crippen LogP contribution in [0.1, 0.15) is 48.2 Å². The smallest absolute Gasteiger partial charge is 0.276 e. The van der Waals surface area contributed by atoms with E-state index in [1.165, 1.54) is 24.8 Å². The number of fused-ring (bicyclic) bond motifs is 1. The summed E-state index contributed by atoms with van der Waals surface area (Å²) in [6.45, 7) is 7.55. The zero-order valence-corrected chi connectivity index (χ0v) is 21.8. The van der Waals surface area contributed by atoms with Gasteiger partial charge in [0.05, 0.1) is 18.7 Å². The first-order valence-corrected chi connectivity index (χ1v) is 13.7. The number of likely N-dealkylation sites (tertiary alicyclic amines) is 1. The fraction of sp³-hybridized carbons (Fsp3) is 0.448. The summed E-state index contributed by atoms with van der Waals surface area (Å²) in [5.74, 6) is -0.219. The highest BCUT2D eigenvalue weighted by Gasteiger charge is 2.19. The van der Waals surface area contributed by atoms with Gasteiger partial charge in [0.25, 0.3) is 5.91 Å². The third-order valence-corrected chi connectivity index (χ3v) is 7.63. The van der Waals surface area contributed by atoms with Gasteiger partial charge in [-0.25, -0.2) is 0 Å². The average Bonchev–Trinajstić information content (AvgIpc) is 3.39. The zero-order valence-electron chi connectivity index (χ0n) is 21.8. The van der Waals surface area contributed by atoms with Crippen molar-refractivity contribution in [2.75, 3.05) is 45.9 Å². The van der Waals surface area contributed by atoms with Crippen LogP contribution in [-0.4, -0.2) is 82.5 Å². The first-order chi connectivity index (χ1) is 18.7. The van der Waals surface area contributed by atoms with E-state index in [9.17, 15) is 4.79 Å². The number of aromatic nitrogens is 3. The van der Waals surface area contributed by atoms with Gasteiger partial charge in [-0.15, -0.1) is 0 Å². The number of allylic oxidation sites excluding steroid dienone is 1. The minimum absolute atomic E-state index is 0.219. The molecule has 6 rings (SSSR count). The number of carbonyl (C=O) groups excluding carboxylic acids is 1. The van der Waals surface area contributed by atoms with Crippen molar-refractivity contribution in [2.45, 2.75) is 38.6 Å². The van der Waals surface area contributed by atoms with E-state index in [1.807, 2.05) is 24.5 Å². The molecule has 9 heteroatoms. The summed E-state index contributed by atoms with van der Waals surface area (Å²) >= 11 is 0. The van der Waals surface area contributed by atoms with E-state index in [1.54, 1.807) is 6.20 Å². The summed E-state index contributed by atoms with van der Waals surface area (Å²) in [5, 5.41) is 11.2. The van der Waals surface area contributed by atoms with Gasteiger partial charge >= 0.3 is 0 Å². The Hall–Kier alpha value is -3.40. The Morgan fingerprint density at radius 3 is 2.61 bits per heavy atom. The maximum absolute atomic E-state index is 13.2. The molecular weight excluding hydrogens is 478 g/mol. The largest absolute Gasteiger partial charge is 0.379 e. The Kier molecular flexibility index (Phi) is 7.57. The van der Waals surface area contributed by atoms with Crippen molar-refractivity contribution in [2.24, 2.45) is 4.99 Å². The summed E-state index contributed by atoms with van der Waals surface area (Å²) in [5.41, 5.74) is 6.48. The molecule has 3 aromatic rings. The van der Waals surface area contributed by atoms with Crippen LogP contribution in [0.3, 0.4) is 0 Å². The standard InChI is InChI=1S/C29H35N7O2/c37-29(32-24-5-6-25(31-18-24)20-36-10-12-38-13-11-36)28-26-15-22(4-7-27(26)33-34-28)23-14-21(16-30-17-23)19-35-8-2-1-3-9-35/h4,7,14-18H,1-3,5-6,8-13,19-20H2,(H,32,37)(H,33,34). The Labute approximate surface area is 223 Å². The molecule has 38 heavy (non-hydrogen) atoms. The molecule has 0 spiro atoms. The van der Waals surface area contributed by atoms with Crippen LogP contribution < -0.4 is 5.32 Å². The number of rotatable bonds is 7. The molecular formula is C29H35N7O2. The summed E-state index contributed by atoms with van der Waals surface area (Å²) in [6.07, 6.45) is 11.1. The highest BCUT2D eigenvalue weighted by Crippen LogP contribution is 2.26. The molecule has 0 bridgehead atoms. The third kappa shape index (κ3) is 5.85. The summed E-state index contributed by atoms with van der Waals surface area (Å²) in [7, 11) is 0. The van der Waals surface area contributed by atoms with Crippen molar-refractivity contribution in [1.82, 2.24) is 30.3 Å². The zero-order chi connectivity index (χ0) is 25.7. The molecule has 5 heterocycles. The predicted octanol–water partition coefficient (Wildman–Crippen LogP) is 3.75. The molecule has 9 nitrogen and oxygen atoms in total. The number of morpholine rings is 1. The molecule has 198 valence electrons. The van der Waals surface area contributed by atoms with E-state index in [2.05, 4.69) is 47.4 Å². The summed E-state index contributed by atoms with van der Waals surface area (Å²) in [6, 6.07) is 8.28. The number of aromatic amines is 1. The number of benzene rings is 1. The van der Waals surface area contributed by atoms with Gasteiger partial charge in [0, 0.05) is 67.1 Å². The summed E-state index contributed by atoms with van der Waals surface area (Å²) in [4.78, 5) is 27.2. The van der Waals surface area contributed by atoms with Gasteiger partial charge in [-0.1, -0.05) is 12.5 Å². The van der Waals surface area contributed by atoms with Gasteiger partial charge in [0.1, 0.15) is 0 Å². The molecule has 3 aliphatic rings. The van der Waals surface area contributed by atoms with Gasteiger partial charge < -0.3 is 10.1 Å². The van der Waals surface area contributed by atoms with E-state index in [4.69, 9.17) is 4.74 Å². The molecule has 2 saturated heterocycles. The Morgan fingerprint density at radius 1 is 0.947 bits per heavy atom. The number of carbonyl (C=O) groups is 1. The molecule has 0 aliphatic carbocycles. The van der Waals surface area contributed by atoms with Gasteiger partial charge in [-0.2, -0.15) is 5.10 Å². The maximum Gasteiger partial charge on any atom is 0.276 e. The minimum Gasteiger partial charge on any atom is -0.379 e. The molecule has 2 aromatic heterocycles. The number of nitrogens with one attached hydrogen (secondary N) is 2. The third-order valence-electron chi connectivity index (χ3n) is 7.63. The molecule has 0 radical (unpaired) electrons. The number of piperidine rings is 1.